The molecule has 0 heterocycles. The van der Waals surface area contributed by atoms with Gasteiger partial charge in [-0.1, -0.05) is 80.1 Å². The second kappa shape index (κ2) is 12.0. The Balaban J connectivity index is 4.74. The zero-order valence-corrected chi connectivity index (χ0v) is 25.5. The first-order valence-corrected chi connectivity index (χ1v) is 13.6. The van der Waals surface area contributed by atoms with Crippen LogP contribution >= 0.6 is 0 Å². The standard InChI is InChI=1S/C30H60N2O2/c1-25(2,3)23(33)29(13,31-27(7,8)9)21-19-17-15-16-18-20-22-30(14,32-28(10,11)12)24(34)26(4,5)6/h31-32H,15-22H2,1-14H3/t29-,30+. The molecule has 0 spiro atoms. The third kappa shape index (κ3) is 12.3. The maximum atomic E-state index is 13.2. The lowest BCUT2D eigenvalue weighted by atomic mass is 9.75. The van der Waals surface area contributed by atoms with E-state index in [9.17, 15) is 9.59 Å². The molecule has 34 heavy (non-hydrogen) atoms. The topological polar surface area (TPSA) is 58.2 Å². The fourth-order valence-corrected chi connectivity index (χ4v) is 5.44. The molecule has 0 aliphatic rings. The highest BCUT2D eigenvalue weighted by Crippen LogP contribution is 2.31. The summed E-state index contributed by atoms with van der Waals surface area (Å²) in [6.07, 6.45) is 8.45. The van der Waals surface area contributed by atoms with Crippen molar-refractivity contribution >= 4 is 11.6 Å². The molecule has 0 fully saturated rings. The van der Waals surface area contributed by atoms with Crippen LogP contribution in [-0.2, 0) is 9.59 Å². The Morgan fingerprint density at radius 2 is 0.676 bits per heavy atom. The van der Waals surface area contributed by atoms with E-state index in [1.807, 2.05) is 41.5 Å². The summed E-state index contributed by atoms with van der Waals surface area (Å²) in [6.45, 7) is 29.1. The first-order chi connectivity index (χ1) is 14.9. The average molecular weight is 481 g/mol. The van der Waals surface area contributed by atoms with Crippen molar-refractivity contribution in [2.24, 2.45) is 10.8 Å². The van der Waals surface area contributed by atoms with Crippen LogP contribution in [0, 0.1) is 10.8 Å². The molecule has 0 saturated carbocycles. The number of hydrogen-bond acceptors (Lipinski definition) is 4. The molecule has 0 rings (SSSR count). The van der Waals surface area contributed by atoms with Crippen molar-refractivity contribution in [3.8, 4) is 0 Å². The van der Waals surface area contributed by atoms with E-state index >= 15 is 0 Å². The Labute approximate surface area is 213 Å². The quantitative estimate of drug-likeness (QED) is 0.266. The number of Topliss-reactive ketones (excluding diaryl/α,β-unsaturated/α-hetero) is 2. The van der Waals surface area contributed by atoms with Crippen molar-refractivity contribution in [1.29, 1.82) is 0 Å². The fourth-order valence-electron chi connectivity index (χ4n) is 5.44. The molecule has 2 N–H and O–H groups in total. The number of unbranched alkanes of at least 4 members (excludes halogenated alkanes) is 5. The van der Waals surface area contributed by atoms with Gasteiger partial charge >= 0.3 is 0 Å². The van der Waals surface area contributed by atoms with Crippen LogP contribution < -0.4 is 10.6 Å². The summed E-state index contributed by atoms with van der Waals surface area (Å²) in [7, 11) is 0. The highest BCUT2D eigenvalue weighted by Gasteiger charge is 2.42. The van der Waals surface area contributed by atoms with Gasteiger partial charge in [0.15, 0.2) is 11.6 Å². The van der Waals surface area contributed by atoms with Gasteiger partial charge < -0.3 is 10.6 Å². The van der Waals surface area contributed by atoms with Crippen LogP contribution in [0.1, 0.15) is 148 Å². The van der Waals surface area contributed by atoms with Crippen molar-refractivity contribution in [1.82, 2.24) is 10.6 Å². The smallest absolute Gasteiger partial charge is 0.157 e. The van der Waals surface area contributed by atoms with Crippen LogP contribution in [0.5, 0.6) is 0 Å². The van der Waals surface area contributed by atoms with E-state index in [-0.39, 0.29) is 21.9 Å². The summed E-state index contributed by atoms with van der Waals surface area (Å²) >= 11 is 0. The van der Waals surface area contributed by atoms with Gasteiger partial charge in [-0.15, -0.1) is 0 Å². The third-order valence-electron chi connectivity index (χ3n) is 6.27. The fraction of sp³-hybridized carbons (Fsp3) is 0.933. The number of carbonyl (C=O) groups excluding carboxylic acids is 2. The predicted molar refractivity (Wildman–Crippen MR) is 148 cm³/mol. The van der Waals surface area contributed by atoms with E-state index < -0.39 is 11.1 Å². The second-order valence-electron chi connectivity index (χ2n) is 15.2. The second-order valence-corrected chi connectivity index (χ2v) is 15.2. The molecule has 2 atom stereocenters. The molecule has 0 aromatic heterocycles. The monoisotopic (exact) mass is 480 g/mol. The lowest BCUT2D eigenvalue weighted by molar-refractivity contribution is -0.134. The van der Waals surface area contributed by atoms with Crippen molar-refractivity contribution < 1.29 is 9.59 Å². The number of hydrogen-bond donors (Lipinski definition) is 2. The molecular weight excluding hydrogens is 420 g/mol. The van der Waals surface area contributed by atoms with Gasteiger partial charge in [0, 0.05) is 21.9 Å². The van der Waals surface area contributed by atoms with Crippen LogP contribution in [0.4, 0.5) is 0 Å². The largest absolute Gasteiger partial charge is 0.300 e. The first-order valence-electron chi connectivity index (χ1n) is 13.6. The molecule has 0 bridgehead atoms. The van der Waals surface area contributed by atoms with Crippen molar-refractivity contribution in [3.63, 3.8) is 0 Å². The van der Waals surface area contributed by atoms with E-state index in [2.05, 4.69) is 66.0 Å². The Morgan fingerprint density at radius 3 is 0.882 bits per heavy atom. The van der Waals surface area contributed by atoms with Gasteiger partial charge in [-0.25, -0.2) is 0 Å². The maximum Gasteiger partial charge on any atom is 0.157 e. The van der Waals surface area contributed by atoms with Gasteiger partial charge in [0.05, 0.1) is 11.1 Å². The number of carbonyl (C=O) groups is 2. The van der Waals surface area contributed by atoms with Crippen molar-refractivity contribution in [3.05, 3.63) is 0 Å². The molecule has 202 valence electrons. The van der Waals surface area contributed by atoms with Crippen LogP contribution in [-0.4, -0.2) is 33.7 Å². The molecule has 0 radical (unpaired) electrons. The highest BCUT2D eigenvalue weighted by atomic mass is 16.1. The van der Waals surface area contributed by atoms with Crippen LogP contribution in [0.15, 0.2) is 0 Å². The summed E-state index contributed by atoms with van der Waals surface area (Å²) in [5, 5.41) is 7.24. The lowest BCUT2D eigenvalue weighted by Gasteiger charge is -2.40. The summed E-state index contributed by atoms with van der Waals surface area (Å²) in [5.74, 6) is 0.591. The number of nitrogens with one attached hydrogen (secondary N) is 2. The molecule has 0 aromatic carbocycles. The van der Waals surface area contributed by atoms with E-state index in [1.165, 1.54) is 12.8 Å². The zero-order valence-electron chi connectivity index (χ0n) is 25.5. The predicted octanol–water partition coefficient (Wildman–Crippen LogP) is 7.63. The molecule has 4 nitrogen and oxygen atoms in total. The van der Waals surface area contributed by atoms with Crippen LogP contribution in [0.3, 0.4) is 0 Å². The summed E-state index contributed by atoms with van der Waals surface area (Å²) in [5.41, 5.74) is -1.91. The molecule has 0 aromatic rings. The van der Waals surface area contributed by atoms with E-state index in [0.717, 1.165) is 38.5 Å². The Kier molecular flexibility index (Phi) is 11.7. The normalized spacial score (nSPS) is 17.2. The number of ketones is 2. The minimum absolute atomic E-state index is 0.103. The molecule has 4 heteroatoms. The van der Waals surface area contributed by atoms with Crippen molar-refractivity contribution in [2.45, 2.75) is 170 Å². The van der Waals surface area contributed by atoms with Gasteiger partial charge in [-0.3, -0.25) is 9.59 Å². The Bertz CT molecular complexity index is 597. The third-order valence-corrected chi connectivity index (χ3v) is 6.27. The molecular formula is C30H60N2O2. The van der Waals surface area contributed by atoms with Crippen LogP contribution in [0.25, 0.3) is 0 Å². The van der Waals surface area contributed by atoms with Gasteiger partial charge in [-0.2, -0.15) is 0 Å². The Hall–Kier alpha value is -0.740. The van der Waals surface area contributed by atoms with Crippen molar-refractivity contribution in [2.75, 3.05) is 0 Å². The summed E-state index contributed by atoms with van der Waals surface area (Å²) in [6, 6.07) is 0. The van der Waals surface area contributed by atoms with E-state index in [4.69, 9.17) is 0 Å². The van der Waals surface area contributed by atoms with E-state index in [1.54, 1.807) is 0 Å². The SMILES string of the molecule is CC(C)(C)N[C@](C)(CCCCCCCC[C@](C)(NC(C)(C)C)C(=O)C(C)(C)C)C(=O)C(C)(C)C. The van der Waals surface area contributed by atoms with Crippen LogP contribution in [0.2, 0.25) is 0 Å². The first kappa shape index (κ1) is 33.3. The van der Waals surface area contributed by atoms with E-state index in [0.29, 0.717) is 11.6 Å². The molecule has 0 unspecified atom stereocenters. The highest BCUT2D eigenvalue weighted by molar-refractivity contribution is 5.93. The minimum Gasteiger partial charge on any atom is -0.300 e. The zero-order chi connectivity index (χ0) is 27.2. The molecule has 0 aliphatic heterocycles. The summed E-state index contributed by atoms with van der Waals surface area (Å²) < 4.78 is 0. The summed E-state index contributed by atoms with van der Waals surface area (Å²) in [4.78, 5) is 26.4. The van der Waals surface area contributed by atoms with Gasteiger partial charge in [0.1, 0.15) is 0 Å². The van der Waals surface area contributed by atoms with Gasteiger partial charge in [0.2, 0.25) is 0 Å². The van der Waals surface area contributed by atoms with Gasteiger partial charge in [0.25, 0.3) is 0 Å². The molecule has 0 saturated heterocycles. The maximum absolute atomic E-state index is 13.2. The van der Waals surface area contributed by atoms with Gasteiger partial charge in [-0.05, 0) is 68.2 Å². The lowest BCUT2D eigenvalue weighted by Crippen LogP contribution is -2.59. The minimum atomic E-state index is -0.496. The molecule has 0 amide bonds. The molecule has 0 aliphatic carbocycles. The number of rotatable bonds is 13. The Morgan fingerprint density at radius 1 is 0.441 bits per heavy atom. The average Bonchev–Trinajstić information content (AvgIpc) is 2.58.